The van der Waals surface area contributed by atoms with Crippen molar-refractivity contribution < 1.29 is 9.59 Å². The van der Waals surface area contributed by atoms with Crippen LogP contribution in [0.15, 0.2) is 0 Å². The van der Waals surface area contributed by atoms with E-state index < -0.39 is 0 Å². The fourth-order valence-corrected chi connectivity index (χ4v) is 4.56. The van der Waals surface area contributed by atoms with Crippen LogP contribution in [-0.2, 0) is 9.59 Å². The molecule has 22 heavy (non-hydrogen) atoms. The minimum Gasteiger partial charge on any atom is -0.341 e. The fraction of sp³-hybridized carbons (Fsp3) is 0.889. The second-order valence-electron chi connectivity index (χ2n) is 8.22. The van der Waals surface area contributed by atoms with Crippen molar-refractivity contribution in [1.82, 2.24) is 9.80 Å². The summed E-state index contributed by atoms with van der Waals surface area (Å²) in [4.78, 5) is 28.0. The van der Waals surface area contributed by atoms with E-state index in [-0.39, 0.29) is 5.91 Å². The lowest BCUT2D eigenvalue weighted by Crippen LogP contribution is -2.38. The van der Waals surface area contributed by atoms with Gasteiger partial charge in [-0.25, -0.2) is 0 Å². The van der Waals surface area contributed by atoms with Gasteiger partial charge in [-0.05, 0) is 42.9 Å². The largest absolute Gasteiger partial charge is 0.341 e. The van der Waals surface area contributed by atoms with Crippen LogP contribution < -0.4 is 0 Å². The van der Waals surface area contributed by atoms with Crippen molar-refractivity contribution >= 4 is 11.8 Å². The predicted molar refractivity (Wildman–Crippen MR) is 88.4 cm³/mol. The lowest BCUT2D eigenvalue weighted by atomic mass is 9.67. The molecule has 2 fully saturated rings. The molecule has 2 atom stereocenters. The van der Waals surface area contributed by atoms with E-state index in [1.54, 1.807) is 6.92 Å². The van der Waals surface area contributed by atoms with Crippen molar-refractivity contribution in [2.75, 3.05) is 26.2 Å². The molecule has 1 saturated carbocycles. The van der Waals surface area contributed by atoms with Crippen LogP contribution in [-0.4, -0.2) is 47.8 Å². The van der Waals surface area contributed by atoms with Gasteiger partial charge >= 0.3 is 0 Å². The van der Waals surface area contributed by atoms with Crippen LogP contribution in [0.4, 0.5) is 0 Å². The van der Waals surface area contributed by atoms with Gasteiger partial charge in [-0.15, -0.1) is 0 Å². The van der Waals surface area contributed by atoms with E-state index in [1.165, 1.54) is 12.8 Å². The molecule has 0 radical (unpaired) electrons. The molecule has 1 heterocycles. The minimum absolute atomic E-state index is 0.122. The monoisotopic (exact) mass is 308 g/mol. The van der Waals surface area contributed by atoms with Crippen LogP contribution in [0.3, 0.4) is 0 Å². The first-order chi connectivity index (χ1) is 10.3. The summed E-state index contributed by atoms with van der Waals surface area (Å²) >= 11 is 0. The van der Waals surface area contributed by atoms with E-state index in [9.17, 15) is 9.59 Å². The molecule has 2 aliphatic rings. The Morgan fingerprint density at radius 3 is 2.32 bits per heavy atom. The molecule has 0 spiro atoms. The van der Waals surface area contributed by atoms with Gasteiger partial charge in [0.05, 0.1) is 0 Å². The van der Waals surface area contributed by atoms with Gasteiger partial charge in [0.15, 0.2) is 0 Å². The zero-order valence-electron chi connectivity index (χ0n) is 14.7. The van der Waals surface area contributed by atoms with Crippen molar-refractivity contribution in [1.29, 1.82) is 0 Å². The highest BCUT2D eigenvalue weighted by molar-refractivity contribution is 5.77. The number of hydrogen-bond acceptors (Lipinski definition) is 2. The first-order valence-electron chi connectivity index (χ1n) is 8.80. The number of hydrogen-bond donors (Lipinski definition) is 0. The summed E-state index contributed by atoms with van der Waals surface area (Å²) in [6.45, 7) is 11.6. The van der Waals surface area contributed by atoms with Crippen molar-refractivity contribution in [3.05, 3.63) is 0 Å². The molecule has 2 rings (SSSR count). The molecule has 0 aromatic carbocycles. The predicted octanol–water partition coefficient (Wildman–Crippen LogP) is 2.92. The Hall–Kier alpha value is -1.06. The summed E-state index contributed by atoms with van der Waals surface area (Å²) in [7, 11) is 0. The first-order valence-corrected chi connectivity index (χ1v) is 8.80. The maximum absolute atomic E-state index is 12.6. The molecule has 1 aliphatic heterocycles. The summed E-state index contributed by atoms with van der Waals surface area (Å²) in [5.74, 6) is 1.66. The highest BCUT2D eigenvalue weighted by Gasteiger charge is 2.33. The minimum atomic E-state index is 0.122. The number of amides is 2. The Morgan fingerprint density at radius 1 is 1.05 bits per heavy atom. The summed E-state index contributed by atoms with van der Waals surface area (Å²) in [6, 6.07) is 0. The maximum atomic E-state index is 12.6. The van der Waals surface area contributed by atoms with Crippen LogP contribution >= 0.6 is 0 Å². The highest BCUT2D eigenvalue weighted by atomic mass is 16.2. The summed E-state index contributed by atoms with van der Waals surface area (Å²) in [6.07, 6.45) is 5.21. The Morgan fingerprint density at radius 2 is 1.68 bits per heavy atom. The number of carbonyl (C=O) groups is 2. The van der Waals surface area contributed by atoms with Crippen LogP contribution in [0.1, 0.15) is 59.8 Å². The third-order valence-electron chi connectivity index (χ3n) is 5.24. The molecule has 4 heteroatoms. The van der Waals surface area contributed by atoms with Crippen LogP contribution in [0.5, 0.6) is 0 Å². The van der Waals surface area contributed by atoms with Crippen LogP contribution in [0.2, 0.25) is 0 Å². The SMILES string of the molecule is CC(=O)N1CCCN(C(=O)C[C@H]2C[C@@H](C)CC(C)(C)C2)CC1. The molecule has 0 bridgehead atoms. The molecule has 126 valence electrons. The molecule has 0 aromatic heterocycles. The van der Waals surface area contributed by atoms with Gasteiger partial charge in [0, 0.05) is 39.5 Å². The molecule has 0 N–H and O–H groups in total. The van der Waals surface area contributed by atoms with Crippen molar-refractivity contribution in [2.24, 2.45) is 17.3 Å². The molecule has 2 amide bonds. The van der Waals surface area contributed by atoms with E-state index in [0.717, 1.165) is 31.8 Å². The molecule has 1 aliphatic carbocycles. The number of rotatable bonds is 2. The van der Waals surface area contributed by atoms with Gasteiger partial charge in [-0.3, -0.25) is 9.59 Å². The van der Waals surface area contributed by atoms with Crippen LogP contribution in [0, 0.1) is 17.3 Å². The smallest absolute Gasteiger partial charge is 0.222 e. The normalized spacial score (nSPS) is 29.1. The summed E-state index contributed by atoms with van der Waals surface area (Å²) < 4.78 is 0. The third-order valence-corrected chi connectivity index (χ3v) is 5.24. The van der Waals surface area contributed by atoms with Gasteiger partial charge in [0.1, 0.15) is 0 Å². The van der Waals surface area contributed by atoms with Crippen molar-refractivity contribution in [3.63, 3.8) is 0 Å². The molecule has 4 nitrogen and oxygen atoms in total. The molecule has 0 unspecified atom stereocenters. The second-order valence-corrected chi connectivity index (χ2v) is 8.22. The van der Waals surface area contributed by atoms with E-state index in [2.05, 4.69) is 20.8 Å². The Bertz CT molecular complexity index is 419. The fourth-order valence-electron chi connectivity index (χ4n) is 4.56. The third kappa shape index (κ3) is 4.72. The Labute approximate surface area is 135 Å². The highest BCUT2D eigenvalue weighted by Crippen LogP contribution is 2.42. The lowest BCUT2D eigenvalue weighted by Gasteiger charge is -2.39. The molecular weight excluding hydrogens is 276 g/mol. The number of carbonyl (C=O) groups excluding carboxylic acids is 2. The molecule has 1 saturated heterocycles. The Kier molecular flexibility index (Phi) is 5.51. The van der Waals surface area contributed by atoms with Crippen molar-refractivity contribution in [2.45, 2.75) is 59.8 Å². The van der Waals surface area contributed by atoms with Gasteiger partial charge < -0.3 is 9.80 Å². The maximum Gasteiger partial charge on any atom is 0.222 e. The van der Waals surface area contributed by atoms with Gasteiger partial charge in [0.25, 0.3) is 0 Å². The Balaban J connectivity index is 1.88. The molecule has 0 aromatic rings. The average Bonchev–Trinajstić information content (AvgIpc) is 2.61. The first kappa shape index (κ1) is 17.3. The topological polar surface area (TPSA) is 40.6 Å². The average molecular weight is 308 g/mol. The van der Waals surface area contributed by atoms with Crippen LogP contribution in [0.25, 0.3) is 0 Å². The zero-order valence-corrected chi connectivity index (χ0v) is 14.7. The quantitative estimate of drug-likeness (QED) is 0.787. The summed E-state index contributed by atoms with van der Waals surface area (Å²) in [5.41, 5.74) is 0.368. The van der Waals surface area contributed by atoms with Gasteiger partial charge in [-0.1, -0.05) is 20.8 Å². The molecular formula is C18H32N2O2. The van der Waals surface area contributed by atoms with Gasteiger partial charge in [0.2, 0.25) is 11.8 Å². The van der Waals surface area contributed by atoms with E-state index in [1.807, 2.05) is 9.80 Å². The standard InChI is InChI=1S/C18H32N2O2/c1-14-10-16(13-18(3,4)12-14)11-17(22)20-7-5-6-19(8-9-20)15(2)21/h14,16H,5-13H2,1-4H3/t14-,16-/m1/s1. The van der Waals surface area contributed by atoms with E-state index >= 15 is 0 Å². The lowest BCUT2D eigenvalue weighted by molar-refractivity contribution is -0.134. The van der Waals surface area contributed by atoms with E-state index in [4.69, 9.17) is 0 Å². The van der Waals surface area contributed by atoms with Gasteiger partial charge in [-0.2, -0.15) is 0 Å². The number of nitrogens with zero attached hydrogens (tertiary/aromatic N) is 2. The zero-order chi connectivity index (χ0) is 16.3. The van der Waals surface area contributed by atoms with Crippen molar-refractivity contribution in [3.8, 4) is 0 Å². The second kappa shape index (κ2) is 7.01. The van der Waals surface area contributed by atoms with E-state index in [0.29, 0.717) is 36.8 Å². The summed E-state index contributed by atoms with van der Waals surface area (Å²) in [5, 5.41) is 0.